The highest BCUT2D eigenvalue weighted by Gasteiger charge is 2.15. The highest BCUT2D eigenvalue weighted by Crippen LogP contribution is 2.31. The van der Waals surface area contributed by atoms with Gasteiger partial charge in [0, 0.05) is 11.1 Å². The molecule has 1 aromatic heterocycles. The van der Waals surface area contributed by atoms with E-state index in [4.69, 9.17) is 13.9 Å². The first-order valence-corrected chi connectivity index (χ1v) is 8.59. The molecule has 0 spiro atoms. The third-order valence-corrected chi connectivity index (χ3v) is 4.29. The number of rotatable bonds is 6. The average molecular weight is 407 g/mol. The van der Waals surface area contributed by atoms with Crippen LogP contribution in [0.1, 0.15) is 18.1 Å². The van der Waals surface area contributed by atoms with Crippen LogP contribution in [0.3, 0.4) is 0 Å². The second kappa shape index (κ2) is 7.70. The van der Waals surface area contributed by atoms with Crippen LogP contribution in [0.2, 0.25) is 0 Å². The zero-order valence-corrected chi connectivity index (χ0v) is 15.1. The maximum atomic E-state index is 14.6. The van der Waals surface area contributed by atoms with Crippen LogP contribution in [0.15, 0.2) is 51.6 Å². The van der Waals surface area contributed by atoms with Gasteiger partial charge in [-0.2, -0.15) is 0 Å². The number of carbonyl (C=O) groups is 1. The molecule has 0 amide bonds. The van der Waals surface area contributed by atoms with Crippen molar-refractivity contribution in [1.29, 1.82) is 0 Å². The largest absolute Gasteiger partial charge is 0.488 e. The van der Waals surface area contributed by atoms with Crippen molar-refractivity contribution in [3.63, 3.8) is 0 Å². The highest BCUT2D eigenvalue weighted by atomic mass is 79.9. The third-order valence-electron chi connectivity index (χ3n) is 3.70. The van der Waals surface area contributed by atoms with Crippen LogP contribution in [0.25, 0.3) is 11.0 Å². The normalized spacial score (nSPS) is 10.8. The molecule has 1 heterocycles. The fourth-order valence-corrected chi connectivity index (χ4v) is 3.12. The Morgan fingerprint density at radius 2 is 2.04 bits per heavy atom. The molecule has 3 aromatic rings. The Labute approximate surface area is 152 Å². The molecule has 0 fully saturated rings. The summed E-state index contributed by atoms with van der Waals surface area (Å²) >= 11 is 3.37. The smallest absolute Gasteiger partial charge is 0.310 e. The summed E-state index contributed by atoms with van der Waals surface area (Å²) in [5, 5.41) is 0.396. The summed E-state index contributed by atoms with van der Waals surface area (Å²) in [5.41, 5.74) is 1.56. The summed E-state index contributed by atoms with van der Waals surface area (Å²) in [4.78, 5) is 11.7. The van der Waals surface area contributed by atoms with E-state index in [-0.39, 0.29) is 24.8 Å². The van der Waals surface area contributed by atoms with Crippen LogP contribution in [0.5, 0.6) is 5.75 Å². The van der Waals surface area contributed by atoms with Gasteiger partial charge >= 0.3 is 5.97 Å². The van der Waals surface area contributed by atoms with Gasteiger partial charge in [-0.15, -0.1) is 0 Å². The molecule has 0 aliphatic heterocycles. The molecule has 0 unspecified atom stereocenters. The van der Waals surface area contributed by atoms with Crippen LogP contribution >= 0.6 is 15.9 Å². The Bertz CT molecular complexity index is 904. The Balaban J connectivity index is 1.80. The van der Waals surface area contributed by atoms with E-state index in [1.165, 1.54) is 6.26 Å². The molecule has 4 nitrogen and oxygen atoms in total. The Hall–Kier alpha value is -2.34. The topological polar surface area (TPSA) is 48.7 Å². The van der Waals surface area contributed by atoms with Crippen LogP contribution in [0.4, 0.5) is 4.39 Å². The molecular formula is C19H16BrFO4. The van der Waals surface area contributed by atoms with Gasteiger partial charge < -0.3 is 13.9 Å². The molecule has 0 saturated heterocycles. The van der Waals surface area contributed by atoms with Crippen molar-refractivity contribution in [2.24, 2.45) is 0 Å². The first kappa shape index (κ1) is 17.5. The van der Waals surface area contributed by atoms with Gasteiger partial charge in [-0.25, -0.2) is 4.39 Å². The zero-order chi connectivity index (χ0) is 17.8. The third kappa shape index (κ3) is 3.85. The predicted octanol–water partition coefficient (Wildman–Crippen LogP) is 5.02. The van der Waals surface area contributed by atoms with E-state index in [0.29, 0.717) is 38.9 Å². The van der Waals surface area contributed by atoms with E-state index < -0.39 is 0 Å². The first-order chi connectivity index (χ1) is 12.1. The van der Waals surface area contributed by atoms with E-state index in [9.17, 15) is 9.18 Å². The molecule has 25 heavy (non-hydrogen) atoms. The Morgan fingerprint density at radius 1 is 1.24 bits per heavy atom. The van der Waals surface area contributed by atoms with Crippen molar-refractivity contribution in [3.8, 4) is 5.75 Å². The van der Waals surface area contributed by atoms with Crippen LogP contribution in [-0.2, 0) is 22.6 Å². The molecule has 0 aliphatic carbocycles. The van der Waals surface area contributed by atoms with Crippen LogP contribution in [0, 0.1) is 5.82 Å². The van der Waals surface area contributed by atoms with Crippen molar-refractivity contribution in [2.75, 3.05) is 6.61 Å². The zero-order valence-electron chi connectivity index (χ0n) is 13.6. The SMILES string of the molecule is CCOC(=O)Cc1ccccc1OCc1cc(Br)c2occc2c1F. The maximum Gasteiger partial charge on any atom is 0.310 e. The molecule has 0 saturated carbocycles. The monoisotopic (exact) mass is 406 g/mol. The van der Waals surface area contributed by atoms with Crippen molar-refractivity contribution in [2.45, 2.75) is 20.0 Å². The lowest BCUT2D eigenvalue weighted by atomic mass is 10.1. The summed E-state index contributed by atoms with van der Waals surface area (Å²) in [6.45, 7) is 2.12. The van der Waals surface area contributed by atoms with Gasteiger partial charge in [0.05, 0.1) is 29.1 Å². The van der Waals surface area contributed by atoms with E-state index in [2.05, 4.69) is 15.9 Å². The standard InChI is InChI=1S/C19H16BrFO4/c1-2-23-17(22)10-12-5-3-4-6-16(12)25-11-13-9-15(20)19-14(18(13)21)7-8-24-19/h3-9H,2,10-11H2,1H3. The van der Waals surface area contributed by atoms with E-state index >= 15 is 0 Å². The van der Waals surface area contributed by atoms with Gasteiger partial charge in [0.2, 0.25) is 0 Å². The van der Waals surface area contributed by atoms with E-state index in [1.807, 2.05) is 6.07 Å². The number of carbonyl (C=O) groups excluding carboxylic acids is 1. The lowest BCUT2D eigenvalue weighted by molar-refractivity contribution is -0.142. The molecule has 0 bridgehead atoms. The lowest BCUT2D eigenvalue weighted by Gasteiger charge is -2.12. The predicted molar refractivity (Wildman–Crippen MR) is 95.0 cm³/mol. The molecule has 2 aromatic carbocycles. The maximum absolute atomic E-state index is 14.6. The van der Waals surface area contributed by atoms with Gasteiger partial charge in [-0.3, -0.25) is 4.79 Å². The summed E-state index contributed by atoms with van der Waals surface area (Å²) in [6, 6.07) is 10.4. The number of halogens is 2. The molecule has 3 rings (SSSR count). The van der Waals surface area contributed by atoms with Crippen molar-refractivity contribution in [3.05, 3.63) is 64.1 Å². The van der Waals surface area contributed by atoms with E-state index in [0.717, 1.165) is 0 Å². The first-order valence-electron chi connectivity index (χ1n) is 7.80. The molecule has 0 aliphatic rings. The van der Waals surface area contributed by atoms with Gasteiger partial charge in [0.25, 0.3) is 0 Å². The number of furan rings is 1. The van der Waals surface area contributed by atoms with Crippen molar-refractivity contribution in [1.82, 2.24) is 0 Å². The summed E-state index contributed by atoms with van der Waals surface area (Å²) in [6.07, 6.45) is 1.55. The molecule has 0 radical (unpaired) electrons. The Kier molecular flexibility index (Phi) is 5.38. The van der Waals surface area contributed by atoms with Crippen LogP contribution < -0.4 is 4.74 Å². The molecule has 130 valence electrons. The Morgan fingerprint density at radius 3 is 2.84 bits per heavy atom. The summed E-state index contributed by atoms with van der Waals surface area (Å²) < 4.78 is 31.2. The minimum atomic E-state index is -0.380. The average Bonchev–Trinajstić information content (AvgIpc) is 3.09. The molecular weight excluding hydrogens is 391 g/mol. The number of fused-ring (bicyclic) bond motifs is 1. The van der Waals surface area contributed by atoms with Gasteiger partial charge in [0.15, 0.2) is 5.58 Å². The van der Waals surface area contributed by atoms with Crippen LogP contribution in [-0.4, -0.2) is 12.6 Å². The van der Waals surface area contributed by atoms with E-state index in [1.54, 1.807) is 37.3 Å². The summed E-state index contributed by atoms with van der Waals surface area (Å²) in [5.74, 6) is -0.180. The van der Waals surface area contributed by atoms with Crippen molar-refractivity contribution >= 4 is 32.9 Å². The number of hydrogen-bond donors (Lipinski definition) is 0. The number of ether oxygens (including phenoxy) is 2. The number of benzene rings is 2. The quantitative estimate of drug-likeness (QED) is 0.539. The molecule has 0 atom stereocenters. The highest BCUT2D eigenvalue weighted by molar-refractivity contribution is 9.10. The second-order valence-electron chi connectivity index (χ2n) is 5.37. The number of esters is 1. The molecule has 0 N–H and O–H groups in total. The minimum absolute atomic E-state index is 0.0331. The van der Waals surface area contributed by atoms with Crippen molar-refractivity contribution < 1.29 is 23.1 Å². The van der Waals surface area contributed by atoms with Gasteiger partial charge in [-0.05, 0) is 41.1 Å². The second-order valence-corrected chi connectivity index (χ2v) is 6.23. The fraction of sp³-hybridized carbons (Fsp3) is 0.211. The number of para-hydroxylation sites is 1. The minimum Gasteiger partial charge on any atom is -0.488 e. The molecule has 6 heteroatoms. The lowest BCUT2D eigenvalue weighted by Crippen LogP contribution is -2.09. The van der Waals surface area contributed by atoms with Gasteiger partial charge in [0.1, 0.15) is 18.2 Å². The summed E-state index contributed by atoms with van der Waals surface area (Å²) in [7, 11) is 0. The number of hydrogen-bond acceptors (Lipinski definition) is 4. The fourth-order valence-electron chi connectivity index (χ4n) is 2.54. The van der Waals surface area contributed by atoms with Gasteiger partial charge in [-0.1, -0.05) is 18.2 Å².